The van der Waals surface area contributed by atoms with Gasteiger partial charge in [0.15, 0.2) is 0 Å². The first-order chi connectivity index (χ1) is 15.0. The summed E-state index contributed by atoms with van der Waals surface area (Å²) in [5, 5.41) is 21.5. The van der Waals surface area contributed by atoms with E-state index in [1.54, 1.807) is 11.3 Å². The van der Waals surface area contributed by atoms with Gasteiger partial charge in [0.05, 0.1) is 16.9 Å². The summed E-state index contributed by atoms with van der Waals surface area (Å²) in [4.78, 5) is 25.9. The van der Waals surface area contributed by atoms with E-state index in [4.69, 9.17) is 19.8 Å². The van der Waals surface area contributed by atoms with E-state index in [1.807, 2.05) is 5.51 Å². The predicted octanol–water partition coefficient (Wildman–Crippen LogP) is 4.12. The number of alkyl halides is 6. The zero-order valence-electron chi connectivity index (χ0n) is 18.1. The molecule has 0 fully saturated rings. The lowest BCUT2D eigenvalue weighted by molar-refractivity contribution is -0.193. The van der Waals surface area contributed by atoms with Crippen LogP contribution >= 0.6 is 11.3 Å². The van der Waals surface area contributed by atoms with Crippen LogP contribution in [0, 0.1) is 20.8 Å². The minimum atomic E-state index is -5.08. The second-order valence-corrected chi connectivity index (χ2v) is 7.66. The molecule has 0 aliphatic rings. The van der Waals surface area contributed by atoms with Crippen molar-refractivity contribution in [1.82, 2.24) is 20.1 Å². The fourth-order valence-electron chi connectivity index (χ4n) is 2.23. The molecule has 3 N–H and O–H groups in total. The summed E-state index contributed by atoms with van der Waals surface area (Å²) in [7, 11) is 2.17. The van der Waals surface area contributed by atoms with Gasteiger partial charge in [0.2, 0.25) is 0 Å². The number of rotatable bonds is 6. The molecule has 2 heterocycles. The average Bonchev–Trinajstić information content (AvgIpc) is 3.21. The first-order valence-corrected chi connectivity index (χ1v) is 10.0. The normalized spacial score (nSPS) is 11.4. The maximum atomic E-state index is 10.6. The summed E-state index contributed by atoms with van der Waals surface area (Å²) in [6.45, 7) is 8.31. The van der Waals surface area contributed by atoms with Gasteiger partial charge in [-0.25, -0.2) is 14.6 Å². The van der Waals surface area contributed by atoms with Gasteiger partial charge in [0.1, 0.15) is 0 Å². The van der Waals surface area contributed by atoms with Crippen LogP contribution < -0.4 is 0 Å². The molecule has 0 saturated heterocycles. The van der Waals surface area contributed by atoms with Crippen molar-refractivity contribution >= 4 is 23.3 Å². The Morgan fingerprint density at radius 2 is 1.52 bits per heavy atom. The summed E-state index contributed by atoms with van der Waals surface area (Å²) in [6, 6.07) is 0. The van der Waals surface area contributed by atoms with Gasteiger partial charge in [-0.1, -0.05) is 0 Å². The highest BCUT2D eigenvalue weighted by molar-refractivity contribution is 7.09. The number of aromatic amines is 1. The van der Waals surface area contributed by atoms with E-state index in [9.17, 15) is 26.3 Å². The van der Waals surface area contributed by atoms with Crippen molar-refractivity contribution in [2.45, 2.75) is 52.5 Å². The Bertz CT molecular complexity index is 852. The third-order valence-electron chi connectivity index (χ3n) is 3.98. The van der Waals surface area contributed by atoms with Crippen LogP contribution in [0.2, 0.25) is 0 Å². The molecule has 0 spiro atoms. The first-order valence-electron chi connectivity index (χ1n) is 9.14. The Labute approximate surface area is 189 Å². The highest BCUT2D eigenvalue weighted by Crippen LogP contribution is 2.16. The second-order valence-electron chi connectivity index (χ2n) is 6.72. The SMILES string of the molecule is Cc1ncsc1CCCN(C)Cc1c(C)n[nH]c1C.O=C(O)C(F)(F)F.O=C(O)C(F)(F)F. The van der Waals surface area contributed by atoms with Gasteiger partial charge in [-0.2, -0.15) is 31.4 Å². The zero-order valence-corrected chi connectivity index (χ0v) is 19.0. The number of halogens is 6. The molecule has 0 aliphatic carbocycles. The Morgan fingerprint density at radius 1 is 1.03 bits per heavy atom. The molecule has 0 atom stereocenters. The minimum Gasteiger partial charge on any atom is -0.475 e. The summed E-state index contributed by atoms with van der Waals surface area (Å²) in [6.07, 6.45) is -7.86. The molecule has 8 nitrogen and oxygen atoms in total. The maximum absolute atomic E-state index is 10.6. The molecule has 0 radical (unpaired) electrons. The fraction of sp³-hybridized carbons (Fsp3) is 0.556. The quantitative estimate of drug-likeness (QED) is 0.504. The van der Waals surface area contributed by atoms with E-state index in [2.05, 4.69) is 47.9 Å². The Morgan fingerprint density at radius 3 is 1.85 bits per heavy atom. The van der Waals surface area contributed by atoms with E-state index < -0.39 is 24.3 Å². The summed E-state index contributed by atoms with van der Waals surface area (Å²) >= 11 is 1.77. The van der Waals surface area contributed by atoms with Crippen molar-refractivity contribution in [2.75, 3.05) is 13.6 Å². The first kappa shape index (κ1) is 30.3. The van der Waals surface area contributed by atoms with Crippen molar-refractivity contribution in [3.8, 4) is 0 Å². The number of aryl methyl sites for hydroxylation is 4. The molecule has 0 amide bonds. The Hall–Kier alpha value is -2.68. The summed E-state index contributed by atoms with van der Waals surface area (Å²) in [5.74, 6) is -5.51. The molecule has 15 heteroatoms. The van der Waals surface area contributed by atoms with E-state index in [-0.39, 0.29) is 0 Å². The third kappa shape index (κ3) is 12.2. The monoisotopic (exact) mass is 506 g/mol. The van der Waals surface area contributed by atoms with Crippen molar-refractivity contribution in [3.63, 3.8) is 0 Å². The lowest BCUT2D eigenvalue weighted by Crippen LogP contribution is -2.21. The average molecular weight is 506 g/mol. The molecule has 2 aromatic rings. The number of aliphatic carboxylic acids is 2. The lowest BCUT2D eigenvalue weighted by Gasteiger charge is -2.16. The molecular weight excluding hydrogens is 482 g/mol. The summed E-state index contributed by atoms with van der Waals surface area (Å²) in [5.41, 5.74) is 6.75. The topological polar surface area (TPSA) is 119 Å². The van der Waals surface area contributed by atoms with Crippen molar-refractivity contribution in [3.05, 3.63) is 33.0 Å². The standard InChI is InChI=1S/C14H22N4S.2C2HF3O2/c1-10-13(11(2)17-16-10)8-18(4)7-5-6-14-12(3)15-9-19-14;2*3-2(4,5)1(6)7/h9H,5-8H2,1-4H3,(H,16,17);2*(H,6,7). The van der Waals surface area contributed by atoms with Crippen LogP contribution in [0.4, 0.5) is 26.3 Å². The third-order valence-corrected chi connectivity index (χ3v) is 4.98. The van der Waals surface area contributed by atoms with Crippen LogP contribution in [-0.2, 0) is 22.6 Å². The Balaban J connectivity index is 0.000000605. The summed E-state index contributed by atoms with van der Waals surface area (Å²) < 4.78 is 63.5. The van der Waals surface area contributed by atoms with Crippen molar-refractivity contribution in [1.29, 1.82) is 0 Å². The maximum Gasteiger partial charge on any atom is 0.490 e. The van der Waals surface area contributed by atoms with Crippen LogP contribution in [-0.4, -0.2) is 68.2 Å². The number of H-pyrrole nitrogens is 1. The fourth-order valence-corrected chi connectivity index (χ4v) is 3.06. The van der Waals surface area contributed by atoms with Crippen LogP contribution in [0.25, 0.3) is 0 Å². The molecule has 0 aromatic carbocycles. The number of nitrogens with zero attached hydrogens (tertiary/aromatic N) is 3. The number of aromatic nitrogens is 3. The number of hydrogen-bond donors (Lipinski definition) is 3. The predicted molar refractivity (Wildman–Crippen MR) is 107 cm³/mol. The van der Waals surface area contributed by atoms with Crippen molar-refractivity contribution < 1.29 is 46.1 Å². The second kappa shape index (κ2) is 13.1. The molecule has 2 aromatic heterocycles. The zero-order chi connectivity index (χ0) is 26.0. The van der Waals surface area contributed by atoms with Gasteiger partial charge in [0, 0.05) is 22.7 Å². The van der Waals surface area contributed by atoms with Crippen LogP contribution in [0.1, 0.15) is 33.9 Å². The molecule has 0 bridgehead atoms. The van der Waals surface area contributed by atoms with E-state index in [0.29, 0.717) is 0 Å². The van der Waals surface area contributed by atoms with Gasteiger partial charge in [-0.05, 0) is 47.2 Å². The van der Waals surface area contributed by atoms with E-state index in [0.717, 1.165) is 25.2 Å². The molecule has 2 rings (SSSR count). The smallest absolute Gasteiger partial charge is 0.475 e. The molecule has 0 unspecified atom stereocenters. The van der Waals surface area contributed by atoms with E-state index in [1.165, 1.54) is 28.2 Å². The van der Waals surface area contributed by atoms with Gasteiger partial charge >= 0.3 is 24.3 Å². The van der Waals surface area contributed by atoms with Gasteiger partial charge in [0.25, 0.3) is 0 Å². The number of hydrogen-bond acceptors (Lipinski definition) is 6. The molecule has 33 heavy (non-hydrogen) atoms. The van der Waals surface area contributed by atoms with Gasteiger partial charge in [-0.3, -0.25) is 5.10 Å². The number of nitrogens with one attached hydrogen (secondary N) is 1. The van der Waals surface area contributed by atoms with Gasteiger partial charge < -0.3 is 15.1 Å². The highest BCUT2D eigenvalue weighted by atomic mass is 32.1. The highest BCUT2D eigenvalue weighted by Gasteiger charge is 2.38. The molecular formula is C18H24F6N4O4S. The number of carboxylic acid groups (broad SMARTS) is 2. The largest absolute Gasteiger partial charge is 0.490 e. The number of carboxylic acids is 2. The minimum absolute atomic E-state index is 0.968. The van der Waals surface area contributed by atoms with Crippen LogP contribution in [0.3, 0.4) is 0 Å². The van der Waals surface area contributed by atoms with Crippen LogP contribution in [0.15, 0.2) is 5.51 Å². The Kier molecular flexibility index (Phi) is 12.1. The van der Waals surface area contributed by atoms with E-state index >= 15 is 0 Å². The van der Waals surface area contributed by atoms with Crippen molar-refractivity contribution in [2.24, 2.45) is 0 Å². The molecule has 0 saturated carbocycles. The molecule has 188 valence electrons. The number of carbonyl (C=O) groups is 2. The van der Waals surface area contributed by atoms with Crippen LogP contribution in [0.5, 0.6) is 0 Å². The molecule has 0 aliphatic heterocycles. The number of thiazole rings is 1. The lowest BCUT2D eigenvalue weighted by atomic mass is 10.2. The van der Waals surface area contributed by atoms with Gasteiger partial charge in [-0.15, -0.1) is 11.3 Å².